The van der Waals surface area contributed by atoms with Gasteiger partial charge in [-0.25, -0.2) is 0 Å². The number of piperazine rings is 1. The molecule has 2 aliphatic heterocycles. The van der Waals surface area contributed by atoms with Crippen LogP contribution < -0.4 is 5.32 Å². The zero-order valence-corrected chi connectivity index (χ0v) is 21.6. The fourth-order valence-corrected chi connectivity index (χ4v) is 10.9. The van der Waals surface area contributed by atoms with Gasteiger partial charge in [0.25, 0.3) is 0 Å². The van der Waals surface area contributed by atoms with Gasteiger partial charge >= 0.3 is 0 Å². The number of likely N-dealkylation sites (tertiary alicyclic amines) is 1. The number of hydrogen-bond acceptors (Lipinski definition) is 6. The molecule has 4 saturated carbocycles. The molecule has 0 spiro atoms. The van der Waals surface area contributed by atoms with Gasteiger partial charge in [0.2, 0.25) is 0 Å². The highest BCUT2D eigenvalue weighted by Crippen LogP contribution is 2.70. The highest BCUT2D eigenvalue weighted by Gasteiger charge is 2.74. The van der Waals surface area contributed by atoms with Crippen molar-refractivity contribution in [2.45, 2.75) is 102 Å². The normalized spacial score (nSPS) is 52.0. The Bertz CT molecular complexity index is 746. The first-order valence-corrected chi connectivity index (χ1v) is 14.6. The Morgan fingerprint density at radius 1 is 0.765 bits per heavy atom. The van der Waals surface area contributed by atoms with Gasteiger partial charge in [0.1, 0.15) is 11.8 Å². The summed E-state index contributed by atoms with van der Waals surface area (Å²) in [6, 6.07) is 0. The number of aliphatic hydroxyl groups is 3. The van der Waals surface area contributed by atoms with Crippen LogP contribution in [-0.2, 0) is 0 Å². The molecular formula is C28H49N3O3. The fraction of sp³-hybridized carbons (Fsp3) is 1.00. The van der Waals surface area contributed by atoms with Crippen molar-refractivity contribution in [2.24, 2.45) is 34.5 Å². The summed E-state index contributed by atoms with van der Waals surface area (Å²) in [4.78, 5) is 5.09. The lowest BCUT2D eigenvalue weighted by Crippen LogP contribution is -2.85. The summed E-state index contributed by atoms with van der Waals surface area (Å²) < 4.78 is 0. The summed E-state index contributed by atoms with van der Waals surface area (Å²) >= 11 is 0. The van der Waals surface area contributed by atoms with Gasteiger partial charge in [0.05, 0.1) is 0 Å². The average molecular weight is 476 g/mol. The predicted molar refractivity (Wildman–Crippen MR) is 133 cm³/mol. The third-order valence-electron chi connectivity index (χ3n) is 12.3. The van der Waals surface area contributed by atoms with Crippen molar-refractivity contribution >= 4 is 0 Å². The Balaban J connectivity index is 1.52. The minimum absolute atomic E-state index is 0.150. The molecule has 6 rings (SSSR count). The molecule has 6 heteroatoms. The van der Waals surface area contributed by atoms with Crippen molar-refractivity contribution in [3.05, 3.63) is 0 Å². The smallest absolute Gasteiger partial charge is 0.192 e. The van der Waals surface area contributed by atoms with E-state index in [2.05, 4.69) is 29.0 Å². The van der Waals surface area contributed by atoms with Crippen LogP contribution in [0.1, 0.15) is 84.5 Å². The Morgan fingerprint density at radius 2 is 1.47 bits per heavy atom. The van der Waals surface area contributed by atoms with Gasteiger partial charge in [-0.2, -0.15) is 0 Å². The lowest BCUT2D eigenvalue weighted by molar-refractivity contribution is -0.372. The average Bonchev–Trinajstić information content (AvgIpc) is 3.24. The zero-order chi connectivity index (χ0) is 23.8. The molecule has 4 N–H and O–H groups in total. The van der Waals surface area contributed by atoms with E-state index in [4.69, 9.17) is 0 Å². The Morgan fingerprint density at radius 3 is 2.21 bits per heavy atom. The van der Waals surface area contributed by atoms with Crippen LogP contribution >= 0.6 is 0 Å². The molecule has 6 aliphatic rings. The monoisotopic (exact) mass is 475 g/mol. The summed E-state index contributed by atoms with van der Waals surface area (Å²) in [5.74, 6) is 0.264. The summed E-state index contributed by atoms with van der Waals surface area (Å²) in [5.41, 5.74) is -0.362. The lowest BCUT2D eigenvalue weighted by Gasteiger charge is -2.74. The second-order valence-corrected chi connectivity index (χ2v) is 13.5. The molecule has 4 aliphatic carbocycles. The summed E-state index contributed by atoms with van der Waals surface area (Å²) in [5, 5.41) is 38.5. The van der Waals surface area contributed by atoms with Crippen molar-refractivity contribution in [1.82, 2.24) is 15.1 Å². The number of hydrogen-bond donors (Lipinski definition) is 4. The van der Waals surface area contributed by atoms with Gasteiger partial charge in [-0.15, -0.1) is 0 Å². The van der Waals surface area contributed by atoms with Crippen molar-refractivity contribution in [1.29, 1.82) is 0 Å². The largest absolute Gasteiger partial charge is 0.384 e. The summed E-state index contributed by atoms with van der Waals surface area (Å²) in [7, 11) is 0. The van der Waals surface area contributed by atoms with Gasteiger partial charge < -0.3 is 20.6 Å². The molecule has 0 amide bonds. The first-order chi connectivity index (χ1) is 16.2. The quantitative estimate of drug-likeness (QED) is 0.460. The first-order valence-electron chi connectivity index (χ1n) is 14.6. The predicted octanol–water partition coefficient (Wildman–Crippen LogP) is 2.77. The van der Waals surface area contributed by atoms with E-state index in [0.29, 0.717) is 23.7 Å². The van der Waals surface area contributed by atoms with Crippen molar-refractivity contribution < 1.29 is 15.3 Å². The molecule has 2 heterocycles. The summed E-state index contributed by atoms with van der Waals surface area (Å²) in [6.07, 6.45) is 11.6. The fourth-order valence-electron chi connectivity index (χ4n) is 10.9. The molecule has 6 nitrogen and oxygen atoms in total. The van der Waals surface area contributed by atoms with Gasteiger partial charge in [0, 0.05) is 51.1 Å². The van der Waals surface area contributed by atoms with Crippen LogP contribution in [0.15, 0.2) is 0 Å². The zero-order valence-electron chi connectivity index (χ0n) is 21.6. The van der Waals surface area contributed by atoms with E-state index < -0.39 is 17.6 Å². The molecule has 0 aromatic heterocycles. The van der Waals surface area contributed by atoms with E-state index in [9.17, 15) is 15.3 Å². The number of nitrogens with one attached hydrogen (secondary N) is 1. The molecule has 2 saturated heterocycles. The molecule has 0 aromatic carbocycles. The summed E-state index contributed by atoms with van der Waals surface area (Å²) in [6.45, 7) is 10.5. The van der Waals surface area contributed by atoms with Crippen LogP contribution in [0.2, 0.25) is 0 Å². The number of piperidine rings is 1. The van der Waals surface area contributed by atoms with Gasteiger partial charge in [-0.3, -0.25) is 9.80 Å². The van der Waals surface area contributed by atoms with E-state index in [0.717, 1.165) is 64.4 Å². The van der Waals surface area contributed by atoms with Crippen molar-refractivity contribution in [3.8, 4) is 0 Å². The Labute approximate surface area is 206 Å². The van der Waals surface area contributed by atoms with E-state index in [1.807, 2.05) is 0 Å². The lowest BCUT2D eigenvalue weighted by atomic mass is 9.41. The molecule has 0 radical (unpaired) electrons. The second-order valence-electron chi connectivity index (χ2n) is 13.5. The maximum atomic E-state index is 12.2. The molecule has 194 valence electrons. The SMILES string of the molecule is C[C@@]12CCCC1C1CC[C@H]3CC(O)(O)C(O)C(N4CCCCC4)(N4CCNCC4)[C@]3(C)C1CC2. The highest BCUT2D eigenvalue weighted by molar-refractivity contribution is 5.22. The van der Waals surface area contributed by atoms with Crippen LogP contribution in [-0.4, -0.2) is 81.9 Å². The molecule has 6 fully saturated rings. The highest BCUT2D eigenvalue weighted by atomic mass is 16.5. The number of rotatable bonds is 2. The van der Waals surface area contributed by atoms with Crippen molar-refractivity contribution in [2.75, 3.05) is 39.3 Å². The van der Waals surface area contributed by atoms with E-state index in [-0.39, 0.29) is 11.3 Å². The number of aliphatic hydroxyl groups excluding tert-OH is 1. The van der Waals surface area contributed by atoms with E-state index in [1.54, 1.807) is 0 Å². The van der Waals surface area contributed by atoms with Gasteiger partial charge in [-0.1, -0.05) is 26.7 Å². The van der Waals surface area contributed by atoms with Crippen molar-refractivity contribution in [3.63, 3.8) is 0 Å². The minimum atomic E-state index is -2.03. The third kappa shape index (κ3) is 3.14. The van der Waals surface area contributed by atoms with Crippen LogP contribution in [0.4, 0.5) is 0 Å². The maximum Gasteiger partial charge on any atom is 0.192 e. The molecule has 34 heavy (non-hydrogen) atoms. The molecular weight excluding hydrogens is 426 g/mol. The van der Waals surface area contributed by atoms with E-state index in [1.165, 1.54) is 44.9 Å². The second kappa shape index (κ2) is 8.39. The minimum Gasteiger partial charge on any atom is -0.384 e. The van der Waals surface area contributed by atoms with Crippen LogP contribution in [0.25, 0.3) is 0 Å². The van der Waals surface area contributed by atoms with Crippen LogP contribution in [0.3, 0.4) is 0 Å². The molecule has 0 aromatic rings. The first kappa shape index (κ1) is 24.1. The standard InChI is InChI=1S/C28H49N3O3/c1-25-11-6-7-22(25)21-9-8-20-19-27(33,34)24(32)28(30-15-4-3-5-16-30,31-17-13-29-14-18-31)26(20,2)23(21)10-12-25/h20-24,29,32-34H,3-19H2,1-2H3/t20-,21?,22?,23?,24?,25-,26-,28?/m0/s1. The van der Waals surface area contributed by atoms with Crippen LogP contribution in [0, 0.1) is 34.5 Å². The van der Waals surface area contributed by atoms with Gasteiger partial charge in [-0.05, 0) is 80.5 Å². The number of fused-ring (bicyclic) bond motifs is 5. The van der Waals surface area contributed by atoms with E-state index >= 15 is 0 Å². The molecule has 5 unspecified atom stereocenters. The maximum absolute atomic E-state index is 12.2. The number of nitrogens with zero attached hydrogens (tertiary/aromatic N) is 2. The third-order valence-corrected chi connectivity index (χ3v) is 12.3. The Kier molecular flexibility index (Phi) is 5.95. The van der Waals surface area contributed by atoms with Gasteiger partial charge in [0.15, 0.2) is 5.79 Å². The topological polar surface area (TPSA) is 79.2 Å². The molecule has 0 bridgehead atoms. The molecule has 8 atom stereocenters. The van der Waals surface area contributed by atoms with Crippen LogP contribution in [0.5, 0.6) is 0 Å². The Hall–Kier alpha value is -0.240.